The Labute approximate surface area is 108 Å². The van der Waals surface area contributed by atoms with Crippen LogP contribution in [0.1, 0.15) is 10.6 Å². The van der Waals surface area contributed by atoms with Gasteiger partial charge in [0, 0.05) is 5.69 Å². The molecular formula is C12H9FN2O2S. The van der Waals surface area contributed by atoms with Gasteiger partial charge in [-0.2, -0.15) is 0 Å². The number of anilines is 1. The van der Waals surface area contributed by atoms with E-state index >= 15 is 0 Å². The van der Waals surface area contributed by atoms with Crippen LogP contribution >= 0.6 is 12.2 Å². The summed E-state index contributed by atoms with van der Waals surface area (Å²) in [7, 11) is 0. The molecule has 0 saturated heterocycles. The van der Waals surface area contributed by atoms with Gasteiger partial charge in [0.2, 0.25) is 0 Å². The first-order valence-electron chi connectivity index (χ1n) is 5.06. The van der Waals surface area contributed by atoms with Gasteiger partial charge in [0.15, 0.2) is 10.9 Å². The molecular weight excluding hydrogens is 255 g/mol. The summed E-state index contributed by atoms with van der Waals surface area (Å²) in [5.74, 6) is -0.701. The van der Waals surface area contributed by atoms with Crippen LogP contribution in [0.25, 0.3) is 0 Å². The molecule has 18 heavy (non-hydrogen) atoms. The van der Waals surface area contributed by atoms with E-state index in [1.807, 2.05) is 0 Å². The lowest BCUT2D eigenvalue weighted by Crippen LogP contribution is -2.33. The summed E-state index contributed by atoms with van der Waals surface area (Å²) in [6.07, 6.45) is 1.39. The van der Waals surface area contributed by atoms with E-state index in [1.54, 1.807) is 12.1 Å². The molecule has 92 valence electrons. The zero-order valence-corrected chi connectivity index (χ0v) is 9.96. The monoisotopic (exact) mass is 264 g/mol. The molecule has 0 aliphatic rings. The van der Waals surface area contributed by atoms with Crippen LogP contribution in [0.3, 0.4) is 0 Å². The van der Waals surface area contributed by atoms with Crippen molar-refractivity contribution in [1.82, 2.24) is 5.32 Å². The van der Waals surface area contributed by atoms with E-state index in [2.05, 4.69) is 10.6 Å². The molecule has 0 aliphatic carbocycles. The fraction of sp³-hybridized carbons (Fsp3) is 0. The van der Waals surface area contributed by atoms with Crippen LogP contribution in [-0.2, 0) is 0 Å². The summed E-state index contributed by atoms with van der Waals surface area (Å²) in [5.41, 5.74) is 0.458. The van der Waals surface area contributed by atoms with Gasteiger partial charge in [-0.15, -0.1) is 0 Å². The van der Waals surface area contributed by atoms with Crippen molar-refractivity contribution in [1.29, 1.82) is 0 Å². The molecule has 1 aromatic carbocycles. The minimum absolute atomic E-state index is 0.0713. The van der Waals surface area contributed by atoms with Crippen molar-refractivity contribution >= 4 is 28.9 Å². The van der Waals surface area contributed by atoms with Gasteiger partial charge in [-0.05, 0) is 42.5 Å². The number of halogens is 1. The highest BCUT2D eigenvalue weighted by Gasteiger charge is 2.10. The van der Waals surface area contributed by atoms with Crippen LogP contribution < -0.4 is 10.6 Å². The van der Waals surface area contributed by atoms with Crippen molar-refractivity contribution in [2.75, 3.05) is 5.32 Å². The van der Waals surface area contributed by atoms with Crippen LogP contribution in [0.5, 0.6) is 0 Å². The van der Waals surface area contributed by atoms with Gasteiger partial charge >= 0.3 is 0 Å². The van der Waals surface area contributed by atoms with Crippen molar-refractivity contribution in [2.45, 2.75) is 0 Å². The number of carbonyl (C=O) groups excluding carboxylic acids is 1. The average Bonchev–Trinajstić information content (AvgIpc) is 2.81. The standard InChI is InChI=1S/C12H9FN2O2S/c13-8-3-1-4-9(7-8)14-12(18)15-11(16)10-5-2-6-17-10/h1-7H,(H2,14,15,16,18). The third-order valence-electron chi connectivity index (χ3n) is 2.05. The molecule has 0 saturated carbocycles. The third-order valence-corrected chi connectivity index (χ3v) is 2.26. The summed E-state index contributed by atoms with van der Waals surface area (Å²) in [6.45, 7) is 0. The second-order valence-electron chi connectivity index (χ2n) is 3.40. The number of carbonyl (C=O) groups is 1. The zero-order valence-electron chi connectivity index (χ0n) is 9.14. The van der Waals surface area contributed by atoms with Gasteiger partial charge < -0.3 is 9.73 Å². The zero-order chi connectivity index (χ0) is 13.0. The van der Waals surface area contributed by atoms with Crippen LogP contribution in [0, 0.1) is 5.82 Å². The average molecular weight is 264 g/mol. The summed E-state index contributed by atoms with van der Waals surface area (Å²) in [6, 6.07) is 8.86. The van der Waals surface area contributed by atoms with Gasteiger partial charge in [0.25, 0.3) is 5.91 Å². The highest BCUT2D eigenvalue weighted by atomic mass is 32.1. The summed E-state index contributed by atoms with van der Waals surface area (Å²) >= 11 is 4.92. The largest absolute Gasteiger partial charge is 0.459 e. The van der Waals surface area contributed by atoms with Gasteiger partial charge in [-0.25, -0.2) is 4.39 Å². The molecule has 1 aromatic heterocycles. The molecule has 1 amide bonds. The van der Waals surface area contributed by atoms with E-state index in [9.17, 15) is 9.18 Å². The molecule has 0 atom stereocenters. The maximum atomic E-state index is 12.9. The van der Waals surface area contributed by atoms with Crippen molar-refractivity contribution in [3.63, 3.8) is 0 Å². The topological polar surface area (TPSA) is 54.3 Å². The number of amides is 1. The predicted molar refractivity (Wildman–Crippen MR) is 68.8 cm³/mol. The Morgan fingerprint density at radius 3 is 2.78 bits per heavy atom. The number of furan rings is 1. The van der Waals surface area contributed by atoms with Crippen LogP contribution in [0.2, 0.25) is 0 Å². The van der Waals surface area contributed by atoms with Crippen LogP contribution in [0.4, 0.5) is 10.1 Å². The fourth-order valence-corrected chi connectivity index (χ4v) is 1.51. The predicted octanol–water partition coefficient (Wildman–Crippen LogP) is 2.55. The van der Waals surface area contributed by atoms with Gasteiger partial charge in [0.1, 0.15) is 5.82 Å². The Hall–Kier alpha value is -2.21. The Morgan fingerprint density at radius 2 is 2.11 bits per heavy atom. The normalized spacial score (nSPS) is 9.83. The Morgan fingerprint density at radius 1 is 1.28 bits per heavy atom. The van der Waals surface area contributed by atoms with Crippen molar-refractivity contribution < 1.29 is 13.6 Å². The van der Waals surface area contributed by atoms with Gasteiger partial charge in [-0.1, -0.05) is 6.07 Å². The number of hydrogen-bond acceptors (Lipinski definition) is 3. The highest BCUT2D eigenvalue weighted by molar-refractivity contribution is 7.80. The quantitative estimate of drug-likeness (QED) is 0.818. The lowest BCUT2D eigenvalue weighted by molar-refractivity contribution is 0.0950. The second-order valence-corrected chi connectivity index (χ2v) is 3.80. The minimum atomic E-state index is -0.464. The van der Waals surface area contributed by atoms with Crippen LogP contribution in [0.15, 0.2) is 47.1 Å². The lowest BCUT2D eigenvalue weighted by Gasteiger charge is -2.08. The molecule has 2 N–H and O–H groups in total. The molecule has 0 radical (unpaired) electrons. The fourth-order valence-electron chi connectivity index (χ4n) is 1.30. The first-order valence-corrected chi connectivity index (χ1v) is 5.47. The molecule has 4 nitrogen and oxygen atoms in total. The van der Waals surface area contributed by atoms with E-state index in [0.717, 1.165) is 0 Å². The molecule has 2 aromatic rings. The highest BCUT2D eigenvalue weighted by Crippen LogP contribution is 2.08. The number of rotatable bonds is 2. The molecule has 0 aliphatic heterocycles. The second kappa shape index (κ2) is 5.42. The molecule has 0 unspecified atom stereocenters. The van der Waals surface area contributed by atoms with Gasteiger partial charge in [0.05, 0.1) is 6.26 Å². The van der Waals surface area contributed by atoms with Crippen molar-refractivity contribution in [2.24, 2.45) is 0 Å². The molecule has 1 heterocycles. The first kappa shape index (κ1) is 12.3. The first-order chi connectivity index (χ1) is 8.65. The van der Waals surface area contributed by atoms with E-state index in [-0.39, 0.29) is 16.7 Å². The van der Waals surface area contributed by atoms with E-state index in [1.165, 1.54) is 30.5 Å². The molecule has 0 fully saturated rings. The number of thiocarbonyl (C=S) groups is 1. The molecule has 6 heteroatoms. The number of benzene rings is 1. The van der Waals surface area contributed by atoms with Crippen molar-refractivity contribution in [3.05, 3.63) is 54.2 Å². The Bertz CT molecular complexity index is 569. The Kier molecular flexibility index (Phi) is 3.69. The molecule has 2 rings (SSSR count). The Balaban J connectivity index is 1.95. The summed E-state index contributed by atoms with van der Waals surface area (Å²) in [5, 5.41) is 5.18. The number of nitrogens with one attached hydrogen (secondary N) is 2. The molecule has 0 bridgehead atoms. The molecule has 0 spiro atoms. The third kappa shape index (κ3) is 3.14. The van der Waals surface area contributed by atoms with Crippen LogP contribution in [-0.4, -0.2) is 11.0 Å². The SMILES string of the molecule is O=C(NC(=S)Nc1cccc(F)c1)c1ccco1. The maximum Gasteiger partial charge on any atom is 0.293 e. The van der Waals surface area contributed by atoms with E-state index in [4.69, 9.17) is 16.6 Å². The van der Waals surface area contributed by atoms with Crippen molar-refractivity contribution in [3.8, 4) is 0 Å². The smallest absolute Gasteiger partial charge is 0.293 e. The summed E-state index contributed by atoms with van der Waals surface area (Å²) in [4.78, 5) is 11.6. The maximum absolute atomic E-state index is 12.9. The number of hydrogen-bond donors (Lipinski definition) is 2. The van der Waals surface area contributed by atoms with E-state index < -0.39 is 5.91 Å². The van der Waals surface area contributed by atoms with E-state index in [0.29, 0.717) is 5.69 Å². The van der Waals surface area contributed by atoms with Gasteiger partial charge in [-0.3, -0.25) is 10.1 Å². The lowest BCUT2D eigenvalue weighted by atomic mass is 10.3. The minimum Gasteiger partial charge on any atom is -0.459 e. The summed E-state index contributed by atoms with van der Waals surface area (Å²) < 4.78 is 17.8.